The fourth-order valence-corrected chi connectivity index (χ4v) is 1.88. The molecule has 0 radical (unpaired) electrons. The van der Waals surface area contributed by atoms with Gasteiger partial charge in [0, 0.05) is 19.2 Å². The molecule has 0 fully saturated rings. The van der Waals surface area contributed by atoms with E-state index in [1.54, 1.807) is 12.5 Å². The van der Waals surface area contributed by atoms with E-state index in [1.807, 2.05) is 10.7 Å². The average Bonchev–Trinajstić information content (AvgIpc) is 2.83. The second-order valence-electron chi connectivity index (χ2n) is 4.81. The lowest BCUT2D eigenvalue weighted by Crippen LogP contribution is -2.31. The fraction of sp³-hybridized carbons (Fsp3) is 0.500. The van der Waals surface area contributed by atoms with Crippen molar-refractivity contribution in [1.29, 1.82) is 0 Å². The van der Waals surface area contributed by atoms with Gasteiger partial charge in [0.25, 0.3) is 0 Å². The summed E-state index contributed by atoms with van der Waals surface area (Å²) in [6.45, 7) is 5.14. The van der Waals surface area contributed by atoms with Crippen molar-refractivity contribution < 1.29 is 0 Å². The molecule has 2 rings (SSSR count). The van der Waals surface area contributed by atoms with Crippen LogP contribution in [0.3, 0.4) is 0 Å². The number of hydrazine groups is 1. The van der Waals surface area contributed by atoms with Crippen LogP contribution >= 0.6 is 0 Å². The summed E-state index contributed by atoms with van der Waals surface area (Å²) in [5, 5.41) is 4.24. The van der Waals surface area contributed by atoms with E-state index in [4.69, 9.17) is 5.84 Å². The summed E-state index contributed by atoms with van der Waals surface area (Å²) >= 11 is 0. The maximum atomic E-state index is 5.60. The smallest absolute Gasteiger partial charge is 0.138 e. The van der Waals surface area contributed by atoms with Crippen molar-refractivity contribution in [2.45, 2.75) is 32.9 Å². The van der Waals surface area contributed by atoms with E-state index >= 15 is 0 Å². The standard InChI is InChI=1S/C12H19N7/c1-9(2)6-19-12(16-8-17-19)5-11(18-13)10-3-4-14-7-15-10/h3-4,7-9,11,18H,5-6,13H2,1-2H3. The highest BCUT2D eigenvalue weighted by Crippen LogP contribution is 2.14. The highest BCUT2D eigenvalue weighted by atomic mass is 15.3. The third-order valence-electron chi connectivity index (χ3n) is 2.78. The van der Waals surface area contributed by atoms with Crippen LogP contribution in [0.1, 0.15) is 31.4 Å². The lowest BCUT2D eigenvalue weighted by Gasteiger charge is -2.15. The van der Waals surface area contributed by atoms with Crippen LogP contribution in [-0.2, 0) is 13.0 Å². The number of rotatable bonds is 6. The molecule has 19 heavy (non-hydrogen) atoms. The molecule has 0 saturated carbocycles. The van der Waals surface area contributed by atoms with Crippen LogP contribution in [0.4, 0.5) is 0 Å². The summed E-state index contributed by atoms with van der Waals surface area (Å²) in [5.41, 5.74) is 3.61. The Morgan fingerprint density at radius 1 is 1.32 bits per heavy atom. The number of hydrogen-bond donors (Lipinski definition) is 2. The number of nitrogens with two attached hydrogens (primary N) is 1. The molecule has 1 atom stereocenters. The van der Waals surface area contributed by atoms with Gasteiger partial charge in [0.15, 0.2) is 0 Å². The molecule has 0 aliphatic heterocycles. The minimum absolute atomic E-state index is 0.0990. The molecule has 7 heteroatoms. The molecule has 0 spiro atoms. The zero-order chi connectivity index (χ0) is 13.7. The number of aromatic nitrogens is 5. The first kappa shape index (κ1) is 13.6. The highest BCUT2D eigenvalue weighted by Gasteiger charge is 2.16. The van der Waals surface area contributed by atoms with Crippen LogP contribution < -0.4 is 11.3 Å². The topological polar surface area (TPSA) is 94.5 Å². The van der Waals surface area contributed by atoms with Crippen molar-refractivity contribution in [3.63, 3.8) is 0 Å². The summed E-state index contributed by atoms with van der Waals surface area (Å²) in [6, 6.07) is 1.74. The normalized spacial score (nSPS) is 12.8. The maximum Gasteiger partial charge on any atom is 0.138 e. The molecule has 0 aliphatic carbocycles. The van der Waals surface area contributed by atoms with Crippen LogP contribution in [0.25, 0.3) is 0 Å². The SMILES string of the molecule is CC(C)Cn1ncnc1CC(NN)c1ccncn1. The van der Waals surface area contributed by atoms with Gasteiger partial charge >= 0.3 is 0 Å². The first-order valence-electron chi connectivity index (χ1n) is 6.29. The summed E-state index contributed by atoms with van der Waals surface area (Å²) in [5.74, 6) is 7.02. The Morgan fingerprint density at radius 3 is 2.79 bits per heavy atom. The molecule has 0 aromatic carbocycles. The van der Waals surface area contributed by atoms with E-state index < -0.39 is 0 Å². The van der Waals surface area contributed by atoms with Gasteiger partial charge in [0.1, 0.15) is 18.5 Å². The van der Waals surface area contributed by atoms with E-state index in [9.17, 15) is 0 Å². The van der Waals surface area contributed by atoms with Crippen molar-refractivity contribution in [1.82, 2.24) is 30.2 Å². The molecule has 2 aromatic heterocycles. The van der Waals surface area contributed by atoms with Crippen molar-refractivity contribution in [2.24, 2.45) is 11.8 Å². The van der Waals surface area contributed by atoms with Crippen molar-refractivity contribution >= 4 is 0 Å². The van der Waals surface area contributed by atoms with Gasteiger partial charge in [0.2, 0.25) is 0 Å². The Labute approximate surface area is 112 Å². The minimum atomic E-state index is -0.0990. The van der Waals surface area contributed by atoms with Crippen LogP contribution in [0.15, 0.2) is 24.9 Å². The van der Waals surface area contributed by atoms with E-state index in [0.29, 0.717) is 12.3 Å². The number of hydrogen-bond acceptors (Lipinski definition) is 6. The number of nitrogens with zero attached hydrogens (tertiary/aromatic N) is 5. The molecule has 102 valence electrons. The Balaban J connectivity index is 2.13. The molecule has 0 saturated heterocycles. The van der Waals surface area contributed by atoms with Gasteiger partial charge in [-0.25, -0.2) is 19.6 Å². The minimum Gasteiger partial charge on any atom is -0.271 e. The monoisotopic (exact) mass is 261 g/mol. The van der Waals surface area contributed by atoms with Crippen LogP contribution in [-0.4, -0.2) is 24.7 Å². The Morgan fingerprint density at radius 2 is 2.16 bits per heavy atom. The van der Waals surface area contributed by atoms with Crippen LogP contribution in [0.2, 0.25) is 0 Å². The zero-order valence-electron chi connectivity index (χ0n) is 11.2. The second kappa shape index (κ2) is 6.35. The van der Waals surface area contributed by atoms with Gasteiger partial charge in [0.05, 0.1) is 11.7 Å². The first-order valence-corrected chi connectivity index (χ1v) is 6.29. The maximum absolute atomic E-state index is 5.60. The lowest BCUT2D eigenvalue weighted by atomic mass is 10.1. The quantitative estimate of drug-likeness (QED) is 0.580. The Bertz CT molecular complexity index is 494. The molecule has 2 aromatic rings. The van der Waals surface area contributed by atoms with E-state index in [-0.39, 0.29) is 6.04 Å². The molecule has 0 aliphatic rings. The summed E-state index contributed by atoms with van der Waals surface area (Å²) < 4.78 is 1.91. The zero-order valence-corrected chi connectivity index (χ0v) is 11.2. The van der Waals surface area contributed by atoms with E-state index in [0.717, 1.165) is 18.1 Å². The molecule has 0 amide bonds. The Kier molecular flexibility index (Phi) is 4.53. The predicted octanol–water partition coefficient (Wildman–Crippen LogP) is 0.471. The third kappa shape index (κ3) is 3.55. The summed E-state index contributed by atoms with van der Waals surface area (Å²) in [4.78, 5) is 12.4. The van der Waals surface area contributed by atoms with Gasteiger partial charge in [-0.3, -0.25) is 11.3 Å². The summed E-state index contributed by atoms with van der Waals surface area (Å²) in [7, 11) is 0. The van der Waals surface area contributed by atoms with Gasteiger partial charge in [-0.2, -0.15) is 5.10 Å². The van der Waals surface area contributed by atoms with Crippen LogP contribution in [0, 0.1) is 5.92 Å². The average molecular weight is 261 g/mol. The second-order valence-corrected chi connectivity index (χ2v) is 4.81. The molecule has 7 nitrogen and oxygen atoms in total. The number of nitrogens with one attached hydrogen (secondary N) is 1. The molecular formula is C12H19N7. The van der Waals surface area contributed by atoms with Gasteiger partial charge in [-0.15, -0.1) is 0 Å². The highest BCUT2D eigenvalue weighted by molar-refractivity contribution is 5.07. The molecule has 2 heterocycles. The van der Waals surface area contributed by atoms with Gasteiger partial charge in [-0.05, 0) is 12.0 Å². The lowest BCUT2D eigenvalue weighted by molar-refractivity contribution is 0.444. The molecule has 3 N–H and O–H groups in total. The predicted molar refractivity (Wildman–Crippen MR) is 70.7 cm³/mol. The molecular weight excluding hydrogens is 242 g/mol. The first-order chi connectivity index (χ1) is 9.20. The van der Waals surface area contributed by atoms with Gasteiger partial charge in [-0.1, -0.05) is 13.8 Å². The molecule has 0 bridgehead atoms. The Hall–Kier alpha value is -1.86. The van der Waals surface area contributed by atoms with Crippen molar-refractivity contribution in [3.8, 4) is 0 Å². The largest absolute Gasteiger partial charge is 0.271 e. The summed E-state index contributed by atoms with van der Waals surface area (Å²) in [6.07, 6.45) is 5.43. The van der Waals surface area contributed by atoms with E-state index in [1.165, 1.54) is 6.33 Å². The molecule has 1 unspecified atom stereocenters. The van der Waals surface area contributed by atoms with Crippen molar-refractivity contribution in [3.05, 3.63) is 36.4 Å². The third-order valence-corrected chi connectivity index (χ3v) is 2.78. The van der Waals surface area contributed by atoms with E-state index in [2.05, 4.69) is 39.3 Å². The van der Waals surface area contributed by atoms with Crippen LogP contribution in [0.5, 0.6) is 0 Å². The van der Waals surface area contributed by atoms with Crippen molar-refractivity contribution in [2.75, 3.05) is 0 Å². The fourth-order valence-electron chi connectivity index (χ4n) is 1.88. The van der Waals surface area contributed by atoms with Gasteiger partial charge < -0.3 is 0 Å².